The van der Waals surface area contributed by atoms with Crippen LogP contribution in [0.5, 0.6) is 0 Å². The molecular weight excluding hydrogens is 515 g/mol. The topological polar surface area (TPSA) is 74.6 Å². The zero-order chi connectivity index (χ0) is 21.5. The van der Waals surface area contributed by atoms with Gasteiger partial charge in [-0.3, -0.25) is 9.79 Å². The molecular formula is C24H35IN6O. The average molecular weight is 550 g/mol. The SMILES string of the molecule is CN=C(NCCc1nccn1Cc1ccccc1)NC1CCN(C(=O)C2CCCC2)C1.I. The molecule has 32 heavy (non-hydrogen) atoms. The lowest BCUT2D eigenvalue weighted by atomic mass is 10.1. The van der Waals surface area contributed by atoms with E-state index in [1.54, 1.807) is 7.05 Å². The molecule has 1 saturated carbocycles. The number of imidazole rings is 1. The summed E-state index contributed by atoms with van der Waals surface area (Å²) in [6.07, 6.45) is 10.2. The molecule has 1 atom stereocenters. The summed E-state index contributed by atoms with van der Waals surface area (Å²) in [6, 6.07) is 10.7. The van der Waals surface area contributed by atoms with E-state index in [2.05, 4.69) is 49.4 Å². The molecule has 1 unspecified atom stereocenters. The van der Waals surface area contributed by atoms with Crippen LogP contribution in [0.3, 0.4) is 0 Å². The number of rotatable bonds is 7. The van der Waals surface area contributed by atoms with Gasteiger partial charge >= 0.3 is 0 Å². The Labute approximate surface area is 208 Å². The van der Waals surface area contributed by atoms with Gasteiger partial charge < -0.3 is 20.1 Å². The van der Waals surface area contributed by atoms with Crippen molar-refractivity contribution in [2.24, 2.45) is 10.9 Å². The minimum absolute atomic E-state index is 0. The number of amides is 1. The molecule has 2 aliphatic rings. The first-order valence-corrected chi connectivity index (χ1v) is 11.5. The van der Waals surface area contributed by atoms with Gasteiger partial charge in [0.1, 0.15) is 5.82 Å². The molecule has 4 rings (SSSR count). The zero-order valence-electron chi connectivity index (χ0n) is 18.9. The van der Waals surface area contributed by atoms with Gasteiger partial charge in [0.15, 0.2) is 5.96 Å². The lowest BCUT2D eigenvalue weighted by Crippen LogP contribution is -2.46. The normalized spacial score (nSPS) is 19.1. The number of likely N-dealkylation sites (tertiary alicyclic amines) is 1. The molecule has 1 aromatic heterocycles. The Hall–Kier alpha value is -2.10. The monoisotopic (exact) mass is 550 g/mol. The van der Waals surface area contributed by atoms with Crippen LogP contribution in [-0.4, -0.2) is 59.0 Å². The summed E-state index contributed by atoms with van der Waals surface area (Å²) in [5.41, 5.74) is 1.27. The number of guanidine groups is 1. The average Bonchev–Trinajstić information content (AvgIpc) is 3.56. The maximum Gasteiger partial charge on any atom is 0.225 e. The third kappa shape index (κ3) is 6.46. The maximum atomic E-state index is 12.7. The summed E-state index contributed by atoms with van der Waals surface area (Å²) in [5, 5.41) is 6.90. The first-order chi connectivity index (χ1) is 15.2. The molecule has 2 N–H and O–H groups in total. The van der Waals surface area contributed by atoms with Crippen LogP contribution in [0.1, 0.15) is 43.5 Å². The molecule has 174 valence electrons. The van der Waals surface area contributed by atoms with Crippen LogP contribution in [0.2, 0.25) is 0 Å². The number of hydrogen-bond acceptors (Lipinski definition) is 3. The highest BCUT2D eigenvalue weighted by atomic mass is 127. The van der Waals surface area contributed by atoms with Crippen LogP contribution in [-0.2, 0) is 17.8 Å². The van der Waals surface area contributed by atoms with E-state index in [1.807, 2.05) is 23.4 Å². The van der Waals surface area contributed by atoms with Gasteiger partial charge in [-0.1, -0.05) is 43.2 Å². The number of nitrogens with zero attached hydrogens (tertiary/aromatic N) is 4. The van der Waals surface area contributed by atoms with Gasteiger partial charge in [-0.2, -0.15) is 0 Å². The van der Waals surface area contributed by atoms with E-state index in [0.29, 0.717) is 5.91 Å². The molecule has 1 aromatic carbocycles. The first-order valence-electron chi connectivity index (χ1n) is 11.5. The minimum atomic E-state index is 0. The Morgan fingerprint density at radius 1 is 1.19 bits per heavy atom. The highest BCUT2D eigenvalue weighted by Gasteiger charge is 2.32. The van der Waals surface area contributed by atoms with E-state index in [0.717, 1.165) is 63.6 Å². The standard InChI is InChI=1S/C24H34N6O.HI/c1-25-24(28-21-12-15-30(18-21)23(31)20-9-5-6-10-20)27-13-11-22-26-14-16-29(22)17-19-7-3-2-4-8-19;/h2-4,7-8,14,16,20-21H,5-6,9-13,15,17-18H2,1H3,(H2,25,27,28);1H. The van der Waals surface area contributed by atoms with Crippen molar-refractivity contribution in [3.8, 4) is 0 Å². The van der Waals surface area contributed by atoms with Gasteiger partial charge in [-0.05, 0) is 24.8 Å². The van der Waals surface area contributed by atoms with E-state index in [-0.39, 0.29) is 35.9 Å². The number of hydrogen-bond donors (Lipinski definition) is 2. The van der Waals surface area contributed by atoms with Crippen LogP contribution in [0.15, 0.2) is 47.7 Å². The minimum Gasteiger partial charge on any atom is -0.356 e. The molecule has 0 radical (unpaired) electrons. The van der Waals surface area contributed by atoms with E-state index in [4.69, 9.17) is 0 Å². The second-order valence-electron chi connectivity index (χ2n) is 8.60. The van der Waals surface area contributed by atoms with Gasteiger partial charge in [0, 0.05) is 64.0 Å². The third-order valence-corrected chi connectivity index (χ3v) is 6.41. The van der Waals surface area contributed by atoms with Gasteiger partial charge in [0.2, 0.25) is 5.91 Å². The number of carbonyl (C=O) groups excluding carboxylic acids is 1. The van der Waals surface area contributed by atoms with Crippen molar-refractivity contribution < 1.29 is 4.79 Å². The number of benzene rings is 1. The lowest BCUT2D eigenvalue weighted by molar-refractivity contribution is -0.134. The summed E-state index contributed by atoms with van der Waals surface area (Å²) in [5.74, 6) is 2.47. The van der Waals surface area contributed by atoms with Crippen LogP contribution in [0.4, 0.5) is 0 Å². The van der Waals surface area contributed by atoms with Gasteiger partial charge in [0.25, 0.3) is 0 Å². The molecule has 2 aromatic rings. The number of carbonyl (C=O) groups is 1. The molecule has 1 aliphatic heterocycles. The lowest BCUT2D eigenvalue weighted by Gasteiger charge is -2.21. The van der Waals surface area contributed by atoms with Crippen molar-refractivity contribution >= 4 is 35.8 Å². The highest BCUT2D eigenvalue weighted by Crippen LogP contribution is 2.27. The Kier molecular flexibility index (Phi) is 9.37. The van der Waals surface area contributed by atoms with Crippen molar-refractivity contribution in [2.45, 2.75) is 51.1 Å². The van der Waals surface area contributed by atoms with Crippen LogP contribution in [0, 0.1) is 5.92 Å². The van der Waals surface area contributed by atoms with E-state index in [9.17, 15) is 4.79 Å². The largest absolute Gasteiger partial charge is 0.356 e. The summed E-state index contributed by atoms with van der Waals surface area (Å²) >= 11 is 0. The predicted molar refractivity (Wildman–Crippen MR) is 138 cm³/mol. The molecule has 2 fully saturated rings. The molecule has 0 spiro atoms. The number of halogens is 1. The smallest absolute Gasteiger partial charge is 0.225 e. The van der Waals surface area contributed by atoms with Crippen LogP contribution in [0.25, 0.3) is 0 Å². The second kappa shape index (κ2) is 12.2. The number of aliphatic imine (C=N–C) groups is 1. The Bertz CT molecular complexity index is 878. The maximum absolute atomic E-state index is 12.7. The molecule has 2 heterocycles. The molecule has 1 saturated heterocycles. The molecule has 1 amide bonds. The zero-order valence-corrected chi connectivity index (χ0v) is 21.2. The Morgan fingerprint density at radius 3 is 2.72 bits per heavy atom. The van der Waals surface area contributed by atoms with Crippen molar-refractivity contribution in [1.82, 2.24) is 25.1 Å². The molecule has 8 heteroatoms. The van der Waals surface area contributed by atoms with Crippen molar-refractivity contribution in [3.05, 3.63) is 54.1 Å². The molecule has 0 bridgehead atoms. The van der Waals surface area contributed by atoms with E-state index in [1.165, 1.54) is 18.4 Å². The molecule has 7 nitrogen and oxygen atoms in total. The fraction of sp³-hybridized carbons (Fsp3) is 0.542. The van der Waals surface area contributed by atoms with E-state index < -0.39 is 0 Å². The summed E-state index contributed by atoms with van der Waals surface area (Å²) in [7, 11) is 1.79. The van der Waals surface area contributed by atoms with Crippen molar-refractivity contribution in [1.29, 1.82) is 0 Å². The summed E-state index contributed by atoms with van der Waals surface area (Å²) in [4.78, 5) is 23.6. The Balaban J connectivity index is 0.00000289. The Morgan fingerprint density at radius 2 is 1.97 bits per heavy atom. The quantitative estimate of drug-likeness (QED) is 0.316. The third-order valence-electron chi connectivity index (χ3n) is 6.41. The summed E-state index contributed by atoms with van der Waals surface area (Å²) < 4.78 is 2.19. The second-order valence-corrected chi connectivity index (χ2v) is 8.60. The van der Waals surface area contributed by atoms with Crippen molar-refractivity contribution in [2.75, 3.05) is 26.7 Å². The van der Waals surface area contributed by atoms with Gasteiger partial charge in [-0.25, -0.2) is 4.98 Å². The van der Waals surface area contributed by atoms with Gasteiger partial charge in [-0.15, -0.1) is 24.0 Å². The number of nitrogens with one attached hydrogen (secondary N) is 2. The number of aromatic nitrogens is 2. The van der Waals surface area contributed by atoms with Crippen molar-refractivity contribution in [3.63, 3.8) is 0 Å². The fourth-order valence-corrected chi connectivity index (χ4v) is 4.68. The fourth-order valence-electron chi connectivity index (χ4n) is 4.68. The predicted octanol–water partition coefficient (Wildman–Crippen LogP) is 3.05. The summed E-state index contributed by atoms with van der Waals surface area (Å²) in [6.45, 7) is 3.21. The molecule has 1 aliphatic carbocycles. The highest BCUT2D eigenvalue weighted by molar-refractivity contribution is 14.0. The van der Waals surface area contributed by atoms with Crippen LogP contribution >= 0.6 is 24.0 Å². The van der Waals surface area contributed by atoms with Gasteiger partial charge in [0.05, 0.1) is 0 Å². The first kappa shape index (κ1) is 24.5. The van der Waals surface area contributed by atoms with Crippen LogP contribution < -0.4 is 10.6 Å². The van der Waals surface area contributed by atoms with E-state index >= 15 is 0 Å².